The molecule has 8 heteroatoms. The Morgan fingerprint density at radius 3 is 2.37 bits per heavy atom. The molecule has 0 saturated carbocycles. The highest BCUT2D eigenvalue weighted by Gasteiger charge is 2.17. The molecular formula is C22H20N4O4. The lowest BCUT2D eigenvalue weighted by Gasteiger charge is -2.14. The monoisotopic (exact) mass is 404 g/mol. The van der Waals surface area contributed by atoms with Crippen molar-refractivity contribution in [2.24, 2.45) is 0 Å². The van der Waals surface area contributed by atoms with Crippen molar-refractivity contribution in [1.82, 2.24) is 14.6 Å². The lowest BCUT2D eigenvalue weighted by molar-refractivity contribution is 0.102. The number of aromatic nitrogens is 3. The van der Waals surface area contributed by atoms with E-state index in [2.05, 4.69) is 15.5 Å². The minimum absolute atomic E-state index is 0.308. The fraction of sp³-hybridized carbons (Fsp3) is 0.136. The van der Waals surface area contributed by atoms with Crippen molar-refractivity contribution in [1.29, 1.82) is 0 Å². The van der Waals surface area contributed by atoms with Crippen LogP contribution in [0, 0.1) is 0 Å². The standard InChI is InChI=1S/C22H20N4O4/c1-28-17-12-15(13-18(29-2)20(17)30-3)22(27)23-16-8-6-7-14(11-16)21-25-24-19-9-4-5-10-26(19)21/h4-13H,1-3H3,(H,23,27). The van der Waals surface area contributed by atoms with Crippen LogP contribution in [0.2, 0.25) is 0 Å². The van der Waals surface area contributed by atoms with Gasteiger partial charge < -0.3 is 19.5 Å². The second-order valence-corrected chi connectivity index (χ2v) is 6.40. The van der Waals surface area contributed by atoms with Gasteiger partial charge in [0.25, 0.3) is 5.91 Å². The Balaban J connectivity index is 1.64. The lowest BCUT2D eigenvalue weighted by atomic mass is 10.1. The fourth-order valence-electron chi connectivity index (χ4n) is 3.19. The van der Waals surface area contributed by atoms with E-state index < -0.39 is 0 Å². The predicted octanol–water partition coefficient (Wildman–Crippen LogP) is 3.67. The summed E-state index contributed by atoms with van der Waals surface area (Å²) in [7, 11) is 4.52. The predicted molar refractivity (Wildman–Crippen MR) is 112 cm³/mol. The van der Waals surface area contributed by atoms with Crippen LogP contribution < -0.4 is 19.5 Å². The van der Waals surface area contributed by atoms with Gasteiger partial charge in [0.1, 0.15) is 0 Å². The summed E-state index contributed by atoms with van der Waals surface area (Å²) >= 11 is 0. The number of nitrogens with zero attached hydrogens (tertiary/aromatic N) is 3. The molecule has 0 bridgehead atoms. The van der Waals surface area contributed by atoms with Crippen LogP contribution >= 0.6 is 0 Å². The molecule has 1 amide bonds. The molecule has 2 heterocycles. The summed E-state index contributed by atoms with van der Waals surface area (Å²) in [5.74, 6) is 1.63. The van der Waals surface area contributed by atoms with E-state index in [1.807, 2.05) is 53.1 Å². The van der Waals surface area contributed by atoms with Crippen LogP contribution in [-0.2, 0) is 0 Å². The molecule has 152 valence electrons. The maximum atomic E-state index is 12.9. The molecule has 0 aliphatic heterocycles. The number of carbonyl (C=O) groups is 1. The maximum absolute atomic E-state index is 12.9. The van der Waals surface area contributed by atoms with E-state index >= 15 is 0 Å². The Morgan fingerprint density at radius 1 is 0.900 bits per heavy atom. The third-order valence-corrected chi connectivity index (χ3v) is 4.62. The highest BCUT2D eigenvalue weighted by atomic mass is 16.5. The summed E-state index contributed by atoms with van der Waals surface area (Å²) in [6.45, 7) is 0. The van der Waals surface area contributed by atoms with Crippen molar-refractivity contribution < 1.29 is 19.0 Å². The number of hydrogen-bond donors (Lipinski definition) is 1. The molecule has 8 nitrogen and oxygen atoms in total. The number of fused-ring (bicyclic) bond motifs is 1. The van der Waals surface area contributed by atoms with Crippen molar-refractivity contribution in [3.63, 3.8) is 0 Å². The molecule has 0 aliphatic rings. The number of nitrogens with one attached hydrogen (secondary N) is 1. The van der Waals surface area contributed by atoms with Crippen LogP contribution in [-0.4, -0.2) is 41.8 Å². The van der Waals surface area contributed by atoms with Gasteiger partial charge in [0, 0.05) is 23.0 Å². The van der Waals surface area contributed by atoms with E-state index in [9.17, 15) is 4.79 Å². The molecule has 4 aromatic rings. The Labute approximate surface area is 173 Å². The number of amides is 1. The normalized spacial score (nSPS) is 10.6. The summed E-state index contributed by atoms with van der Waals surface area (Å²) in [4.78, 5) is 12.9. The Kier molecular flexibility index (Phi) is 5.21. The molecule has 2 aromatic heterocycles. The number of anilines is 1. The molecule has 0 fully saturated rings. The van der Waals surface area contributed by atoms with Crippen molar-refractivity contribution in [3.8, 4) is 28.6 Å². The van der Waals surface area contributed by atoms with Gasteiger partial charge in [-0.05, 0) is 36.4 Å². The number of ether oxygens (including phenoxy) is 3. The summed E-state index contributed by atoms with van der Waals surface area (Å²) in [5, 5.41) is 11.3. The molecule has 0 radical (unpaired) electrons. The van der Waals surface area contributed by atoms with Crippen LogP contribution in [0.3, 0.4) is 0 Å². The van der Waals surface area contributed by atoms with Gasteiger partial charge in [-0.1, -0.05) is 18.2 Å². The van der Waals surface area contributed by atoms with Crippen LogP contribution in [0.25, 0.3) is 17.0 Å². The average molecular weight is 404 g/mol. The summed E-state index contributed by atoms with van der Waals surface area (Å²) in [6.07, 6.45) is 1.89. The first-order valence-electron chi connectivity index (χ1n) is 9.16. The first-order valence-corrected chi connectivity index (χ1v) is 9.16. The Hall–Kier alpha value is -4.07. The zero-order chi connectivity index (χ0) is 21.1. The van der Waals surface area contributed by atoms with Gasteiger partial charge in [0.05, 0.1) is 21.3 Å². The van der Waals surface area contributed by atoms with E-state index in [1.165, 1.54) is 21.3 Å². The van der Waals surface area contributed by atoms with E-state index in [1.54, 1.807) is 12.1 Å². The number of benzene rings is 2. The topological polar surface area (TPSA) is 87.0 Å². The van der Waals surface area contributed by atoms with Gasteiger partial charge in [0.15, 0.2) is 23.0 Å². The van der Waals surface area contributed by atoms with Gasteiger partial charge >= 0.3 is 0 Å². The zero-order valence-electron chi connectivity index (χ0n) is 16.7. The summed E-state index contributed by atoms with van der Waals surface area (Å²) in [5.41, 5.74) is 2.58. The first-order chi connectivity index (χ1) is 14.6. The van der Waals surface area contributed by atoms with Crippen LogP contribution in [0.1, 0.15) is 10.4 Å². The summed E-state index contributed by atoms with van der Waals surface area (Å²) < 4.78 is 17.8. The number of hydrogen-bond acceptors (Lipinski definition) is 6. The number of carbonyl (C=O) groups excluding carboxylic acids is 1. The van der Waals surface area contributed by atoms with E-state index in [0.29, 0.717) is 34.3 Å². The van der Waals surface area contributed by atoms with E-state index in [-0.39, 0.29) is 5.91 Å². The van der Waals surface area contributed by atoms with E-state index in [4.69, 9.17) is 14.2 Å². The zero-order valence-corrected chi connectivity index (χ0v) is 16.7. The van der Waals surface area contributed by atoms with Gasteiger partial charge in [-0.15, -0.1) is 10.2 Å². The third-order valence-electron chi connectivity index (χ3n) is 4.62. The minimum Gasteiger partial charge on any atom is -0.493 e. The highest BCUT2D eigenvalue weighted by Crippen LogP contribution is 2.38. The second-order valence-electron chi connectivity index (χ2n) is 6.40. The Bertz CT molecular complexity index is 1190. The van der Waals surface area contributed by atoms with E-state index in [0.717, 1.165) is 11.2 Å². The smallest absolute Gasteiger partial charge is 0.255 e. The first kappa shape index (κ1) is 19.3. The lowest BCUT2D eigenvalue weighted by Crippen LogP contribution is -2.12. The highest BCUT2D eigenvalue weighted by molar-refractivity contribution is 6.05. The second kappa shape index (κ2) is 8.12. The molecule has 30 heavy (non-hydrogen) atoms. The third kappa shape index (κ3) is 3.50. The molecule has 2 aromatic carbocycles. The molecular weight excluding hydrogens is 384 g/mol. The maximum Gasteiger partial charge on any atom is 0.255 e. The molecule has 0 aliphatic carbocycles. The number of pyridine rings is 1. The number of methoxy groups -OCH3 is 3. The summed E-state index contributed by atoms with van der Waals surface area (Å²) in [6, 6.07) is 16.3. The Morgan fingerprint density at radius 2 is 1.67 bits per heavy atom. The molecule has 1 N–H and O–H groups in total. The fourth-order valence-corrected chi connectivity index (χ4v) is 3.19. The van der Waals surface area contributed by atoms with Crippen LogP contribution in [0.4, 0.5) is 5.69 Å². The molecule has 0 spiro atoms. The van der Waals surface area contributed by atoms with Gasteiger partial charge in [0.2, 0.25) is 5.75 Å². The van der Waals surface area contributed by atoms with Gasteiger partial charge in [-0.25, -0.2) is 0 Å². The van der Waals surface area contributed by atoms with Crippen LogP contribution in [0.5, 0.6) is 17.2 Å². The minimum atomic E-state index is -0.308. The SMILES string of the molecule is COc1cc(C(=O)Nc2cccc(-c3nnc4ccccn34)c2)cc(OC)c1OC. The number of rotatable bonds is 6. The molecule has 0 unspecified atom stereocenters. The van der Waals surface area contributed by atoms with Crippen molar-refractivity contribution in [2.75, 3.05) is 26.6 Å². The van der Waals surface area contributed by atoms with Gasteiger partial charge in [-0.2, -0.15) is 0 Å². The molecule has 4 rings (SSSR count). The van der Waals surface area contributed by atoms with Crippen LogP contribution in [0.15, 0.2) is 60.8 Å². The van der Waals surface area contributed by atoms with Crippen molar-refractivity contribution in [3.05, 3.63) is 66.4 Å². The molecule has 0 atom stereocenters. The quantitative estimate of drug-likeness (QED) is 0.528. The largest absolute Gasteiger partial charge is 0.493 e. The van der Waals surface area contributed by atoms with Crippen molar-refractivity contribution >= 4 is 17.2 Å². The molecule has 0 saturated heterocycles. The average Bonchev–Trinajstić information content (AvgIpc) is 3.22. The van der Waals surface area contributed by atoms with Gasteiger partial charge in [-0.3, -0.25) is 9.20 Å². The van der Waals surface area contributed by atoms with Crippen molar-refractivity contribution in [2.45, 2.75) is 0 Å².